The van der Waals surface area contributed by atoms with Gasteiger partial charge < -0.3 is 5.32 Å². The fourth-order valence-electron chi connectivity index (χ4n) is 4.47. The van der Waals surface area contributed by atoms with E-state index >= 15 is 0 Å². The first-order chi connectivity index (χ1) is 14.4. The van der Waals surface area contributed by atoms with Crippen LogP contribution in [-0.2, 0) is 6.54 Å². The number of hydrogen-bond donors (Lipinski definition) is 1. The Labute approximate surface area is 175 Å². The fraction of sp³-hybridized carbons (Fsp3) is 0.333. The van der Waals surface area contributed by atoms with Gasteiger partial charge in [-0.2, -0.15) is 0 Å². The molecule has 150 valence electrons. The van der Waals surface area contributed by atoms with Crippen LogP contribution in [0.1, 0.15) is 41.9 Å². The molecule has 1 saturated heterocycles. The molecule has 0 radical (unpaired) electrons. The van der Waals surface area contributed by atoms with Crippen molar-refractivity contribution in [1.29, 1.82) is 0 Å². The van der Waals surface area contributed by atoms with Gasteiger partial charge in [0.25, 0.3) is 0 Å². The van der Waals surface area contributed by atoms with Gasteiger partial charge in [-0.3, -0.25) is 4.90 Å². The summed E-state index contributed by atoms with van der Waals surface area (Å²) < 4.78 is 0. The molecular weight excluding hydrogens is 352 g/mol. The molecule has 0 unspecified atom stereocenters. The topological polar surface area (TPSA) is 15.3 Å². The van der Waals surface area contributed by atoms with E-state index in [2.05, 4.69) is 101 Å². The minimum absolute atomic E-state index is 0.461. The van der Waals surface area contributed by atoms with Crippen LogP contribution in [0.5, 0.6) is 0 Å². The average molecular weight is 385 g/mol. The van der Waals surface area contributed by atoms with Crippen LogP contribution < -0.4 is 5.32 Å². The summed E-state index contributed by atoms with van der Waals surface area (Å²) in [5.74, 6) is 0.461. The first-order valence-electron chi connectivity index (χ1n) is 11.0. The maximum Gasteiger partial charge on any atom is 0.0233 e. The second-order valence-corrected chi connectivity index (χ2v) is 8.15. The van der Waals surface area contributed by atoms with E-state index in [0.29, 0.717) is 12.0 Å². The molecule has 2 heteroatoms. The molecule has 2 nitrogen and oxygen atoms in total. The van der Waals surface area contributed by atoms with Crippen molar-refractivity contribution in [1.82, 2.24) is 10.2 Å². The van der Waals surface area contributed by atoms with E-state index in [1.165, 1.54) is 42.6 Å². The molecule has 1 aliphatic heterocycles. The first-order valence-corrected chi connectivity index (χ1v) is 11.0. The van der Waals surface area contributed by atoms with Crippen LogP contribution in [0.3, 0.4) is 0 Å². The van der Waals surface area contributed by atoms with Crippen LogP contribution in [0.4, 0.5) is 0 Å². The molecule has 29 heavy (non-hydrogen) atoms. The number of nitrogens with one attached hydrogen (secondary N) is 1. The highest BCUT2D eigenvalue weighted by Gasteiger charge is 2.20. The molecule has 0 aliphatic carbocycles. The number of piperidine rings is 1. The molecule has 0 bridgehead atoms. The number of rotatable bonds is 8. The third-order valence-electron chi connectivity index (χ3n) is 6.11. The van der Waals surface area contributed by atoms with Gasteiger partial charge in [0.15, 0.2) is 0 Å². The Morgan fingerprint density at radius 3 is 1.79 bits per heavy atom. The summed E-state index contributed by atoms with van der Waals surface area (Å²) >= 11 is 0. The van der Waals surface area contributed by atoms with E-state index in [0.717, 1.165) is 19.5 Å². The van der Waals surface area contributed by atoms with Gasteiger partial charge in [-0.1, -0.05) is 91.0 Å². The van der Waals surface area contributed by atoms with Crippen molar-refractivity contribution in [3.63, 3.8) is 0 Å². The van der Waals surface area contributed by atoms with E-state index in [1.54, 1.807) is 0 Å². The first kappa shape index (κ1) is 19.9. The predicted octanol–water partition coefficient (Wildman–Crippen LogP) is 5.46. The van der Waals surface area contributed by atoms with E-state index in [9.17, 15) is 0 Å². The van der Waals surface area contributed by atoms with Crippen molar-refractivity contribution in [3.8, 4) is 0 Å². The minimum atomic E-state index is 0.461. The second kappa shape index (κ2) is 10.4. The van der Waals surface area contributed by atoms with E-state index < -0.39 is 0 Å². The highest BCUT2D eigenvalue weighted by molar-refractivity contribution is 5.32. The third kappa shape index (κ3) is 5.79. The zero-order valence-corrected chi connectivity index (χ0v) is 17.2. The van der Waals surface area contributed by atoms with Crippen LogP contribution in [0.25, 0.3) is 0 Å². The van der Waals surface area contributed by atoms with Crippen molar-refractivity contribution >= 4 is 0 Å². The Morgan fingerprint density at radius 2 is 1.24 bits per heavy atom. The van der Waals surface area contributed by atoms with Crippen LogP contribution >= 0.6 is 0 Å². The summed E-state index contributed by atoms with van der Waals surface area (Å²) in [5, 5.41) is 3.85. The molecule has 0 spiro atoms. The lowest BCUT2D eigenvalue weighted by Gasteiger charge is -2.33. The summed E-state index contributed by atoms with van der Waals surface area (Å²) in [5.41, 5.74) is 4.25. The normalized spacial score (nSPS) is 15.6. The fourth-order valence-corrected chi connectivity index (χ4v) is 4.47. The number of benzene rings is 3. The number of hydrogen-bond acceptors (Lipinski definition) is 2. The van der Waals surface area contributed by atoms with Crippen LogP contribution in [-0.4, -0.2) is 30.6 Å². The molecule has 4 rings (SSSR count). The molecule has 1 heterocycles. The summed E-state index contributed by atoms with van der Waals surface area (Å²) in [4.78, 5) is 2.59. The second-order valence-electron chi connectivity index (χ2n) is 8.15. The van der Waals surface area contributed by atoms with E-state index in [4.69, 9.17) is 0 Å². The Hall–Kier alpha value is -2.42. The van der Waals surface area contributed by atoms with Crippen LogP contribution in [0.2, 0.25) is 0 Å². The zero-order valence-electron chi connectivity index (χ0n) is 17.2. The Balaban J connectivity index is 1.26. The summed E-state index contributed by atoms with van der Waals surface area (Å²) in [7, 11) is 0. The van der Waals surface area contributed by atoms with Crippen molar-refractivity contribution in [3.05, 3.63) is 108 Å². The van der Waals surface area contributed by atoms with Gasteiger partial charge in [0, 0.05) is 18.5 Å². The summed E-state index contributed by atoms with van der Waals surface area (Å²) in [6.45, 7) is 4.52. The lowest BCUT2D eigenvalue weighted by atomic mass is 9.88. The number of likely N-dealkylation sites (tertiary alicyclic amines) is 1. The summed E-state index contributed by atoms with van der Waals surface area (Å²) in [6, 6.07) is 33.4. The molecule has 1 aliphatic rings. The average Bonchev–Trinajstić information content (AvgIpc) is 2.80. The maximum atomic E-state index is 3.85. The third-order valence-corrected chi connectivity index (χ3v) is 6.11. The molecular formula is C27H32N2. The van der Waals surface area contributed by atoms with Crippen LogP contribution in [0, 0.1) is 0 Å². The minimum Gasteiger partial charge on any atom is -0.314 e. The van der Waals surface area contributed by atoms with Crippen LogP contribution in [0.15, 0.2) is 91.0 Å². The molecule has 0 saturated carbocycles. The highest BCUT2D eigenvalue weighted by Crippen LogP contribution is 2.27. The Morgan fingerprint density at radius 1 is 0.724 bits per heavy atom. The van der Waals surface area contributed by atoms with Crippen molar-refractivity contribution in [2.75, 3.05) is 19.6 Å². The standard InChI is InChI=1S/C27H32N2/c1-4-10-23(11-5-1)22-29-20-17-26(18-21-29)28-19-16-27(24-12-6-2-7-13-24)25-14-8-3-9-15-25/h1-15,26-28H,16-22H2. The Bertz CT molecular complexity index is 785. The van der Waals surface area contributed by atoms with Crippen molar-refractivity contribution in [2.45, 2.75) is 37.8 Å². The molecule has 3 aromatic carbocycles. The summed E-state index contributed by atoms with van der Waals surface area (Å²) in [6.07, 6.45) is 3.63. The molecule has 1 fully saturated rings. The molecule has 0 aromatic heterocycles. The predicted molar refractivity (Wildman–Crippen MR) is 122 cm³/mol. The SMILES string of the molecule is c1ccc(CN2CCC(NCCC(c3ccccc3)c3ccccc3)CC2)cc1. The van der Waals surface area contributed by atoms with Gasteiger partial charge in [0.05, 0.1) is 0 Å². The van der Waals surface area contributed by atoms with Gasteiger partial charge in [-0.15, -0.1) is 0 Å². The lowest BCUT2D eigenvalue weighted by molar-refractivity contribution is 0.190. The van der Waals surface area contributed by atoms with E-state index in [1.807, 2.05) is 0 Å². The highest BCUT2D eigenvalue weighted by atomic mass is 15.1. The van der Waals surface area contributed by atoms with Gasteiger partial charge in [-0.25, -0.2) is 0 Å². The van der Waals surface area contributed by atoms with E-state index in [-0.39, 0.29) is 0 Å². The molecule has 3 aromatic rings. The van der Waals surface area contributed by atoms with Crippen molar-refractivity contribution in [2.24, 2.45) is 0 Å². The monoisotopic (exact) mass is 384 g/mol. The molecule has 0 amide bonds. The Kier molecular flexibility index (Phi) is 7.12. The lowest BCUT2D eigenvalue weighted by Crippen LogP contribution is -2.42. The maximum absolute atomic E-state index is 3.85. The molecule has 0 atom stereocenters. The zero-order chi connectivity index (χ0) is 19.7. The van der Waals surface area contributed by atoms with Crippen molar-refractivity contribution < 1.29 is 0 Å². The quantitative estimate of drug-likeness (QED) is 0.554. The molecule has 1 N–H and O–H groups in total. The van der Waals surface area contributed by atoms with Gasteiger partial charge in [0.2, 0.25) is 0 Å². The number of nitrogens with zero attached hydrogens (tertiary/aromatic N) is 1. The largest absolute Gasteiger partial charge is 0.314 e. The smallest absolute Gasteiger partial charge is 0.0233 e. The van der Waals surface area contributed by atoms with Gasteiger partial charge in [0.1, 0.15) is 0 Å². The van der Waals surface area contributed by atoms with Gasteiger partial charge in [-0.05, 0) is 55.6 Å². The van der Waals surface area contributed by atoms with Gasteiger partial charge >= 0.3 is 0 Å².